The van der Waals surface area contributed by atoms with E-state index in [9.17, 15) is 23.9 Å². The monoisotopic (exact) mass is 857 g/mol. The van der Waals surface area contributed by atoms with Gasteiger partial charge in [0.05, 0.1) is 48.8 Å². The lowest BCUT2D eigenvalue weighted by molar-refractivity contribution is -0.138. The molecule has 6 atom stereocenters. The molecule has 2 aliphatic heterocycles. The molecule has 2 heterocycles. The fourth-order valence-corrected chi connectivity index (χ4v) is 10.2. The van der Waals surface area contributed by atoms with Gasteiger partial charge in [-0.05, 0) is 115 Å². The number of amides is 4. The van der Waals surface area contributed by atoms with E-state index in [4.69, 9.17) is 32.7 Å². The van der Waals surface area contributed by atoms with Gasteiger partial charge in [-0.1, -0.05) is 71.3 Å². The van der Waals surface area contributed by atoms with Crippen LogP contribution in [0.4, 0.5) is 15.8 Å². The van der Waals surface area contributed by atoms with Crippen molar-refractivity contribution in [1.29, 1.82) is 0 Å². The smallest absolute Gasteiger partial charge is 0.260 e. The minimum absolute atomic E-state index is 0.0317. The van der Waals surface area contributed by atoms with Crippen molar-refractivity contribution in [2.75, 3.05) is 24.5 Å². The molecule has 4 aliphatic rings. The van der Waals surface area contributed by atoms with Crippen molar-refractivity contribution in [2.24, 2.45) is 23.7 Å². The molecule has 13 heteroatoms. The minimum atomic E-state index is -1.67. The van der Waals surface area contributed by atoms with Gasteiger partial charge < -0.3 is 14.6 Å². The van der Waals surface area contributed by atoms with Gasteiger partial charge in [0.15, 0.2) is 0 Å². The first-order valence-corrected chi connectivity index (χ1v) is 20.4. The summed E-state index contributed by atoms with van der Waals surface area (Å²) >= 11 is 13.0. The zero-order chi connectivity index (χ0) is 42.7. The summed E-state index contributed by atoms with van der Waals surface area (Å²) in [4.78, 5) is 60.6. The number of imide groups is 2. The van der Waals surface area contributed by atoms with E-state index in [1.807, 2.05) is 48.6 Å². The number of methoxy groups -OCH3 is 2. The fraction of sp³-hybridized carbons (Fsp3) is 0.208. The number of fused-ring (bicyclic) bond motifs is 4. The molecule has 1 saturated carbocycles. The van der Waals surface area contributed by atoms with E-state index in [0.29, 0.717) is 39.0 Å². The lowest BCUT2D eigenvalue weighted by Gasteiger charge is -2.50. The van der Waals surface area contributed by atoms with Crippen LogP contribution < -0.4 is 19.8 Å². The van der Waals surface area contributed by atoms with Gasteiger partial charge in [-0.15, -0.1) is 0 Å². The number of carbonyl (C=O) groups excluding carboxylic acids is 4. The normalized spacial score (nSPS) is 24.4. The highest BCUT2D eigenvalue weighted by Crippen LogP contribution is 2.65. The summed E-state index contributed by atoms with van der Waals surface area (Å²) in [7, 11) is 3.18. The number of aromatic hydroxyl groups is 1. The van der Waals surface area contributed by atoms with Crippen molar-refractivity contribution in [3.8, 4) is 17.2 Å². The number of nitrogens with zero attached hydrogens (tertiary/aromatic N) is 2. The van der Waals surface area contributed by atoms with Crippen molar-refractivity contribution in [3.05, 3.63) is 159 Å². The third kappa shape index (κ3) is 6.54. The van der Waals surface area contributed by atoms with Crippen LogP contribution in [0.15, 0.2) is 121 Å². The quantitative estimate of drug-likeness (QED) is 0.0855. The van der Waals surface area contributed by atoms with E-state index in [2.05, 4.69) is 5.43 Å². The lowest BCUT2D eigenvalue weighted by Crippen LogP contribution is -2.53. The molecule has 2 saturated heterocycles. The van der Waals surface area contributed by atoms with Gasteiger partial charge in [0.25, 0.3) is 11.8 Å². The SMILES string of the molecule is COc1ccc(OC)c(C=Cc2ccc(N3C(=O)[C@H]4[C@H](CC=C5[C@H]4C[C@H]4C(=O)N(Nc6ccc(F)cc6)C(=O)[C@@]4(c4ccc(Cl)cc4)[C@H]5c4cc(Cl)ccc4O)C3=O)cc2)c1. The Hall–Kier alpha value is -6.43. The Labute approximate surface area is 360 Å². The first-order valence-electron chi connectivity index (χ1n) is 19.7. The molecule has 0 radical (unpaired) electrons. The summed E-state index contributed by atoms with van der Waals surface area (Å²) in [6, 6.07) is 29.0. The van der Waals surface area contributed by atoms with Gasteiger partial charge in [0.1, 0.15) is 23.1 Å². The highest BCUT2D eigenvalue weighted by Gasteiger charge is 2.70. The molecule has 61 heavy (non-hydrogen) atoms. The number of carbonyl (C=O) groups is 4. The zero-order valence-corrected chi connectivity index (χ0v) is 34.4. The van der Waals surface area contributed by atoms with E-state index in [0.717, 1.165) is 16.1 Å². The summed E-state index contributed by atoms with van der Waals surface area (Å²) in [5.41, 5.74) is 4.95. The number of hydrogen-bond donors (Lipinski definition) is 2. The Balaban J connectivity index is 1.12. The highest BCUT2D eigenvalue weighted by atomic mass is 35.5. The van der Waals surface area contributed by atoms with Crippen molar-refractivity contribution < 1.29 is 38.1 Å². The molecule has 308 valence electrons. The number of hydrogen-bond acceptors (Lipinski definition) is 8. The summed E-state index contributed by atoms with van der Waals surface area (Å²) in [6.45, 7) is 0. The van der Waals surface area contributed by atoms with Gasteiger partial charge in [0, 0.05) is 27.1 Å². The molecule has 9 rings (SSSR count). The van der Waals surface area contributed by atoms with Gasteiger partial charge in [-0.3, -0.25) is 29.5 Å². The van der Waals surface area contributed by atoms with Crippen LogP contribution in [-0.4, -0.2) is 48.0 Å². The molecule has 2 N–H and O–H groups in total. The third-order valence-electron chi connectivity index (χ3n) is 12.6. The van der Waals surface area contributed by atoms with Gasteiger partial charge in [0.2, 0.25) is 11.8 Å². The van der Waals surface area contributed by atoms with Gasteiger partial charge >= 0.3 is 0 Å². The molecule has 0 unspecified atom stereocenters. The summed E-state index contributed by atoms with van der Waals surface area (Å²) < 4.78 is 24.8. The number of nitrogens with one attached hydrogen (secondary N) is 1. The van der Waals surface area contributed by atoms with E-state index in [1.165, 1.54) is 41.3 Å². The second-order valence-corrected chi connectivity index (χ2v) is 16.5. The number of allylic oxidation sites excluding steroid dienone is 2. The predicted molar refractivity (Wildman–Crippen MR) is 230 cm³/mol. The number of hydrazine groups is 1. The molecule has 4 amide bonds. The molecule has 0 spiro atoms. The van der Waals surface area contributed by atoms with Gasteiger partial charge in [-0.25, -0.2) is 4.39 Å². The van der Waals surface area contributed by atoms with Crippen LogP contribution in [0.3, 0.4) is 0 Å². The summed E-state index contributed by atoms with van der Waals surface area (Å²) in [6.07, 6.45) is 5.88. The molecular formula is C48H38Cl2FN3O7. The van der Waals surface area contributed by atoms with E-state index in [-0.39, 0.29) is 35.1 Å². The number of halogens is 3. The van der Waals surface area contributed by atoms with Crippen LogP contribution in [-0.2, 0) is 24.6 Å². The van der Waals surface area contributed by atoms with Crippen LogP contribution in [0.1, 0.15) is 41.0 Å². The zero-order valence-electron chi connectivity index (χ0n) is 32.9. The second kappa shape index (κ2) is 15.6. The van der Waals surface area contributed by atoms with Crippen LogP contribution in [0, 0.1) is 29.5 Å². The molecule has 0 bridgehead atoms. The van der Waals surface area contributed by atoms with E-state index >= 15 is 4.79 Å². The van der Waals surface area contributed by atoms with Crippen LogP contribution in [0.2, 0.25) is 10.0 Å². The first kappa shape index (κ1) is 40.0. The van der Waals surface area contributed by atoms with Gasteiger partial charge in [-0.2, -0.15) is 5.01 Å². The number of rotatable bonds is 9. The highest BCUT2D eigenvalue weighted by molar-refractivity contribution is 6.31. The molecule has 2 aliphatic carbocycles. The average molecular weight is 859 g/mol. The molecule has 3 fully saturated rings. The summed E-state index contributed by atoms with van der Waals surface area (Å²) in [5.74, 6) is -5.70. The van der Waals surface area contributed by atoms with Crippen LogP contribution in [0.5, 0.6) is 17.2 Å². The van der Waals surface area contributed by atoms with E-state index in [1.54, 1.807) is 56.7 Å². The predicted octanol–water partition coefficient (Wildman–Crippen LogP) is 9.22. The standard InChI is InChI=1S/C48H38Cl2FN3O7/c1-60-34-18-22-41(61-2)27(23-34)6-3-26-4-16-33(17-5-26)53-44(56)36-20-19-35-37(42(36)46(53)58)25-39-45(57)54(52-32-14-12-31(51)13-15-32)47(59)48(39,28-7-9-29(49)10-8-28)43(35)38-24-30(50)11-21-40(38)55/h3-19,21-24,36-37,39,42-43,52,55H,20,25H2,1-2H3/t36-,37+,39-,42-,43+,48+/m0/s1. The largest absolute Gasteiger partial charge is 0.508 e. The van der Waals surface area contributed by atoms with Crippen LogP contribution >= 0.6 is 23.2 Å². The maximum Gasteiger partial charge on any atom is 0.260 e. The molecule has 10 nitrogen and oxygen atoms in total. The average Bonchev–Trinajstić information content (AvgIpc) is 3.65. The maximum absolute atomic E-state index is 15.3. The number of phenolic OH excluding ortho intramolecular Hbond substituents is 1. The Morgan fingerprint density at radius 1 is 0.787 bits per heavy atom. The number of ether oxygens (including phenoxy) is 2. The first-order chi connectivity index (χ1) is 29.4. The third-order valence-corrected chi connectivity index (χ3v) is 13.1. The Morgan fingerprint density at radius 3 is 2.21 bits per heavy atom. The maximum atomic E-state index is 15.3. The molecule has 5 aromatic carbocycles. The number of benzene rings is 5. The number of phenols is 1. The number of anilines is 2. The molecular weight excluding hydrogens is 820 g/mol. The van der Waals surface area contributed by atoms with Crippen molar-refractivity contribution in [2.45, 2.75) is 24.2 Å². The Kier molecular flexibility index (Phi) is 10.2. The van der Waals surface area contributed by atoms with Crippen molar-refractivity contribution in [3.63, 3.8) is 0 Å². The Morgan fingerprint density at radius 2 is 1.51 bits per heavy atom. The lowest BCUT2D eigenvalue weighted by atomic mass is 9.49. The Bertz CT molecular complexity index is 2670. The molecule has 0 aromatic heterocycles. The van der Waals surface area contributed by atoms with Crippen molar-refractivity contribution in [1.82, 2.24) is 5.01 Å². The second-order valence-electron chi connectivity index (χ2n) is 15.6. The molecule has 5 aromatic rings. The topological polar surface area (TPSA) is 125 Å². The minimum Gasteiger partial charge on any atom is -0.508 e. The van der Waals surface area contributed by atoms with Crippen LogP contribution in [0.25, 0.3) is 12.2 Å². The van der Waals surface area contributed by atoms with E-state index < -0.39 is 58.5 Å². The fourth-order valence-electron chi connectivity index (χ4n) is 9.90. The summed E-state index contributed by atoms with van der Waals surface area (Å²) in [5, 5.41) is 13.3. The van der Waals surface area contributed by atoms with Crippen molar-refractivity contribution >= 4 is 70.4 Å².